The summed E-state index contributed by atoms with van der Waals surface area (Å²) in [5.74, 6) is -0.755. The van der Waals surface area contributed by atoms with E-state index in [2.05, 4.69) is 10.3 Å². The van der Waals surface area contributed by atoms with E-state index in [9.17, 15) is 4.79 Å². The van der Waals surface area contributed by atoms with E-state index in [1.807, 2.05) is 0 Å². The van der Waals surface area contributed by atoms with Crippen LogP contribution in [0, 0.1) is 0 Å². The Kier molecular flexibility index (Phi) is 3.64. The lowest BCUT2D eigenvalue weighted by atomic mass is 10.1. The van der Waals surface area contributed by atoms with Crippen molar-refractivity contribution < 1.29 is 15.0 Å². The highest BCUT2D eigenvalue weighted by Crippen LogP contribution is 2.27. The van der Waals surface area contributed by atoms with Crippen LogP contribution in [0.1, 0.15) is 0 Å². The summed E-state index contributed by atoms with van der Waals surface area (Å²) in [6.45, 7) is -0.520. The number of benzene rings is 1. The van der Waals surface area contributed by atoms with Crippen molar-refractivity contribution in [2.75, 3.05) is 11.9 Å². The molecule has 0 saturated carbocycles. The van der Waals surface area contributed by atoms with Crippen molar-refractivity contribution in [3.05, 3.63) is 35.5 Å². The van der Waals surface area contributed by atoms with Crippen molar-refractivity contribution in [3.8, 4) is 0 Å². The smallest absolute Gasteiger partial charge is 0.328 e. The van der Waals surface area contributed by atoms with E-state index in [4.69, 9.17) is 21.8 Å². The van der Waals surface area contributed by atoms with Gasteiger partial charge in [0, 0.05) is 22.0 Å². The number of nitrogens with zero attached hydrogens (tertiary/aromatic N) is 1. The molecular formula is C12H11ClN2O3. The molecule has 3 N–H and O–H groups in total. The van der Waals surface area contributed by atoms with Crippen LogP contribution in [-0.4, -0.2) is 33.8 Å². The van der Waals surface area contributed by atoms with E-state index in [1.54, 1.807) is 24.3 Å². The first-order valence-corrected chi connectivity index (χ1v) is 5.64. The molecule has 0 aliphatic rings. The molecule has 1 heterocycles. The molecule has 5 nitrogen and oxygen atoms in total. The lowest BCUT2D eigenvalue weighted by Crippen LogP contribution is -2.33. The second-order valence-corrected chi connectivity index (χ2v) is 4.12. The molecule has 0 spiro atoms. The van der Waals surface area contributed by atoms with Gasteiger partial charge in [-0.1, -0.05) is 23.7 Å². The summed E-state index contributed by atoms with van der Waals surface area (Å²) in [6, 6.07) is 5.94. The zero-order chi connectivity index (χ0) is 13.1. The molecule has 0 fully saturated rings. The average molecular weight is 267 g/mol. The van der Waals surface area contributed by atoms with Crippen LogP contribution in [0.3, 0.4) is 0 Å². The van der Waals surface area contributed by atoms with Crippen LogP contribution < -0.4 is 5.32 Å². The van der Waals surface area contributed by atoms with Gasteiger partial charge in [0.25, 0.3) is 0 Å². The van der Waals surface area contributed by atoms with Gasteiger partial charge in [-0.2, -0.15) is 0 Å². The predicted molar refractivity (Wildman–Crippen MR) is 68.9 cm³/mol. The molecule has 0 aliphatic heterocycles. The first-order chi connectivity index (χ1) is 8.63. The number of rotatable bonds is 4. The topological polar surface area (TPSA) is 82.5 Å². The van der Waals surface area contributed by atoms with Crippen LogP contribution in [0.15, 0.2) is 30.5 Å². The Morgan fingerprint density at radius 3 is 2.83 bits per heavy atom. The van der Waals surface area contributed by atoms with Gasteiger partial charge in [0.05, 0.1) is 6.61 Å². The molecule has 0 radical (unpaired) electrons. The van der Waals surface area contributed by atoms with E-state index in [-0.39, 0.29) is 0 Å². The Hall–Kier alpha value is -1.85. The number of pyridine rings is 1. The standard InChI is InChI=1S/C12H11ClN2O3/c13-9-3-1-2-8-7(9)4-5-14-11(8)15-10(6-16)12(17)18/h1-5,10,16H,6H2,(H,14,15)(H,17,18). The van der Waals surface area contributed by atoms with Gasteiger partial charge in [-0.3, -0.25) is 0 Å². The fourth-order valence-electron chi connectivity index (χ4n) is 1.63. The monoisotopic (exact) mass is 266 g/mol. The number of aliphatic carboxylic acids is 1. The minimum Gasteiger partial charge on any atom is -0.480 e. The average Bonchev–Trinajstić information content (AvgIpc) is 2.36. The van der Waals surface area contributed by atoms with Gasteiger partial charge in [-0.05, 0) is 12.1 Å². The number of hydrogen-bond donors (Lipinski definition) is 3. The number of carboxylic acid groups (broad SMARTS) is 1. The number of anilines is 1. The first kappa shape index (κ1) is 12.6. The second-order valence-electron chi connectivity index (χ2n) is 3.71. The predicted octanol–water partition coefficient (Wildman–Crippen LogP) is 1.75. The zero-order valence-corrected chi connectivity index (χ0v) is 10.1. The lowest BCUT2D eigenvalue weighted by molar-refractivity contribution is -0.138. The van der Waals surface area contributed by atoms with Crippen LogP contribution in [0.2, 0.25) is 5.02 Å². The Morgan fingerprint density at radius 2 is 2.17 bits per heavy atom. The van der Waals surface area contributed by atoms with Gasteiger partial charge in [0.1, 0.15) is 11.9 Å². The van der Waals surface area contributed by atoms with E-state index in [0.29, 0.717) is 16.2 Å². The number of aliphatic hydroxyl groups is 1. The first-order valence-electron chi connectivity index (χ1n) is 5.27. The molecule has 0 bridgehead atoms. The number of aliphatic hydroxyl groups excluding tert-OH is 1. The molecule has 1 unspecified atom stereocenters. The van der Waals surface area contributed by atoms with Crippen LogP contribution in [0.5, 0.6) is 0 Å². The van der Waals surface area contributed by atoms with Gasteiger partial charge in [-0.15, -0.1) is 0 Å². The molecule has 1 aromatic heterocycles. The summed E-state index contributed by atoms with van der Waals surface area (Å²) in [5, 5.41) is 22.6. The van der Waals surface area contributed by atoms with Crippen LogP contribution in [0.25, 0.3) is 10.8 Å². The number of carbonyl (C=O) groups is 1. The third kappa shape index (κ3) is 2.37. The number of aromatic nitrogens is 1. The quantitative estimate of drug-likeness (QED) is 0.785. The Bertz CT molecular complexity index is 589. The third-order valence-corrected chi connectivity index (χ3v) is 2.87. The third-order valence-electron chi connectivity index (χ3n) is 2.54. The van der Waals surface area contributed by atoms with Crippen LogP contribution in [0.4, 0.5) is 5.82 Å². The highest BCUT2D eigenvalue weighted by atomic mass is 35.5. The normalized spacial score (nSPS) is 12.3. The molecule has 18 heavy (non-hydrogen) atoms. The number of hydrogen-bond acceptors (Lipinski definition) is 4. The maximum atomic E-state index is 10.9. The molecule has 2 aromatic rings. The number of nitrogens with one attached hydrogen (secondary N) is 1. The Balaban J connectivity index is 2.45. The van der Waals surface area contributed by atoms with Gasteiger partial charge in [0.15, 0.2) is 0 Å². The highest BCUT2D eigenvalue weighted by Gasteiger charge is 2.17. The maximum Gasteiger partial charge on any atom is 0.328 e. The molecule has 94 valence electrons. The van der Waals surface area contributed by atoms with Crippen LogP contribution >= 0.6 is 11.6 Å². The summed E-state index contributed by atoms with van der Waals surface area (Å²) in [6.07, 6.45) is 1.53. The minimum atomic E-state index is -1.14. The van der Waals surface area contributed by atoms with Crippen molar-refractivity contribution in [3.63, 3.8) is 0 Å². The Morgan fingerprint density at radius 1 is 1.39 bits per heavy atom. The number of halogens is 1. The van der Waals surface area contributed by atoms with E-state index >= 15 is 0 Å². The minimum absolute atomic E-state index is 0.386. The molecule has 2 rings (SSSR count). The van der Waals surface area contributed by atoms with Gasteiger partial charge < -0.3 is 15.5 Å². The van der Waals surface area contributed by atoms with Crippen LogP contribution in [-0.2, 0) is 4.79 Å². The van der Waals surface area contributed by atoms with Crippen molar-refractivity contribution in [2.24, 2.45) is 0 Å². The Labute approximate surface area is 108 Å². The molecule has 1 aromatic carbocycles. The van der Waals surface area contributed by atoms with Crippen molar-refractivity contribution in [1.29, 1.82) is 0 Å². The summed E-state index contributed by atoms with van der Waals surface area (Å²) in [4.78, 5) is 14.9. The molecular weight excluding hydrogens is 256 g/mol. The number of fused-ring (bicyclic) bond motifs is 1. The molecule has 1 atom stereocenters. The summed E-state index contributed by atoms with van der Waals surface area (Å²) in [7, 11) is 0. The van der Waals surface area contributed by atoms with E-state index in [1.165, 1.54) is 6.20 Å². The summed E-state index contributed by atoms with van der Waals surface area (Å²) in [5.41, 5.74) is 0. The summed E-state index contributed by atoms with van der Waals surface area (Å²) >= 11 is 6.04. The fourth-order valence-corrected chi connectivity index (χ4v) is 1.87. The van der Waals surface area contributed by atoms with Crippen molar-refractivity contribution in [1.82, 2.24) is 4.98 Å². The molecule has 0 amide bonds. The second kappa shape index (κ2) is 5.20. The SMILES string of the molecule is O=C(O)C(CO)Nc1nccc2c(Cl)cccc12. The zero-order valence-electron chi connectivity index (χ0n) is 9.30. The largest absolute Gasteiger partial charge is 0.480 e. The highest BCUT2D eigenvalue weighted by molar-refractivity contribution is 6.35. The van der Waals surface area contributed by atoms with Crippen molar-refractivity contribution >= 4 is 34.2 Å². The van der Waals surface area contributed by atoms with Gasteiger partial charge in [-0.25, -0.2) is 9.78 Å². The number of carboxylic acids is 1. The molecule has 0 saturated heterocycles. The van der Waals surface area contributed by atoms with Gasteiger partial charge in [0.2, 0.25) is 0 Å². The van der Waals surface area contributed by atoms with E-state index in [0.717, 1.165) is 5.39 Å². The maximum absolute atomic E-state index is 10.9. The summed E-state index contributed by atoms with van der Waals surface area (Å²) < 4.78 is 0. The van der Waals surface area contributed by atoms with Gasteiger partial charge >= 0.3 is 5.97 Å². The van der Waals surface area contributed by atoms with E-state index < -0.39 is 18.6 Å². The fraction of sp³-hybridized carbons (Fsp3) is 0.167. The molecule has 6 heteroatoms. The van der Waals surface area contributed by atoms with Crippen molar-refractivity contribution in [2.45, 2.75) is 6.04 Å². The lowest BCUT2D eigenvalue weighted by Gasteiger charge is -2.14. The molecule has 0 aliphatic carbocycles.